The number of hydrogen-bond acceptors (Lipinski definition) is 4. The fourth-order valence-electron chi connectivity index (χ4n) is 1.25. The summed E-state index contributed by atoms with van der Waals surface area (Å²) in [4.78, 5) is 22.1. The van der Waals surface area contributed by atoms with Crippen LogP contribution in [0.4, 0.5) is 0 Å². The van der Waals surface area contributed by atoms with Crippen molar-refractivity contribution >= 4 is 11.9 Å². The lowest BCUT2D eigenvalue weighted by Gasteiger charge is -2.18. The summed E-state index contributed by atoms with van der Waals surface area (Å²) in [5.41, 5.74) is 0. The van der Waals surface area contributed by atoms with Crippen molar-refractivity contribution in [1.82, 2.24) is 5.32 Å². The summed E-state index contributed by atoms with van der Waals surface area (Å²) in [6.07, 6.45) is 1.69. The highest BCUT2D eigenvalue weighted by Crippen LogP contribution is 2.06. The molecule has 1 heterocycles. The fourth-order valence-corrected chi connectivity index (χ4v) is 1.25. The summed E-state index contributed by atoms with van der Waals surface area (Å²) < 4.78 is 10.0. The largest absolute Gasteiger partial charge is 0.494 e. The van der Waals surface area contributed by atoms with Crippen LogP contribution in [0.15, 0.2) is 12.0 Å². The molecule has 90 valence electrons. The maximum atomic E-state index is 11.6. The van der Waals surface area contributed by atoms with Gasteiger partial charge in [0.2, 0.25) is 5.76 Å². The van der Waals surface area contributed by atoms with E-state index in [0.29, 0.717) is 19.6 Å². The molecule has 1 aliphatic rings. The van der Waals surface area contributed by atoms with Gasteiger partial charge < -0.3 is 19.9 Å². The minimum absolute atomic E-state index is 0.0927. The zero-order chi connectivity index (χ0) is 12.0. The van der Waals surface area contributed by atoms with Crippen molar-refractivity contribution in [2.24, 2.45) is 0 Å². The molecular weight excluding hydrogens is 214 g/mol. The Morgan fingerprint density at radius 2 is 2.31 bits per heavy atom. The number of carbonyl (C=O) groups excluding carboxylic acids is 1. The van der Waals surface area contributed by atoms with Crippen LogP contribution in [0.1, 0.15) is 19.8 Å². The van der Waals surface area contributed by atoms with E-state index in [1.807, 2.05) is 0 Å². The monoisotopic (exact) mass is 229 g/mol. The summed E-state index contributed by atoms with van der Waals surface area (Å²) in [6.45, 7) is 2.55. The Morgan fingerprint density at radius 1 is 1.56 bits per heavy atom. The van der Waals surface area contributed by atoms with Gasteiger partial charge in [-0.15, -0.1) is 0 Å². The first-order valence-electron chi connectivity index (χ1n) is 5.10. The molecule has 1 amide bonds. The number of amides is 1. The Bertz CT molecular complexity index is 300. The average molecular weight is 229 g/mol. The lowest BCUT2D eigenvalue weighted by molar-refractivity contribution is -0.137. The van der Waals surface area contributed by atoms with E-state index in [9.17, 15) is 9.59 Å². The molecule has 1 rings (SSSR count). The highest BCUT2D eigenvalue weighted by Gasteiger charge is 2.19. The van der Waals surface area contributed by atoms with E-state index in [1.165, 1.54) is 6.26 Å². The third kappa shape index (κ3) is 3.80. The molecule has 0 bridgehead atoms. The first kappa shape index (κ1) is 12.4. The van der Waals surface area contributed by atoms with E-state index in [-0.39, 0.29) is 12.2 Å². The van der Waals surface area contributed by atoms with Crippen LogP contribution >= 0.6 is 0 Å². The maximum absolute atomic E-state index is 11.6. The molecule has 0 aliphatic carbocycles. The Morgan fingerprint density at radius 3 is 2.81 bits per heavy atom. The van der Waals surface area contributed by atoms with Crippen molar-refractivity contribution in [3.63, 3.8) is 0 Å². The van der Waals surface area contributed by atoms with Gasteiger partial charge >= 0.3 is 5.97 Å². The van der Waals surface area contributed by atoms with Crippen molar-refractivity contribution < 1.29 is 24.2 Å². The van der Waals surface area contributed by atoms with Gasteiger partial charge in [0.1, 0.15) is 19.5 Å². The Balaban J connectivity index is 2.47. The quantitative estimate of drug-likeness (QED) is 0.705. The molecule has 1 atom stereocenters. The molecular formula is C10H15NO5. The van der Waals surface area contributed by atoms with Gasteiger partial charge in [0.25, 0.3) is 5.91 Å². The minimum atomic E-state index is -0.943. The zero-order valence-electron chi connectivity index (χ0n) is 9.06. The third-order valence-electron chi connectivity index (χ3n) is 2.12. The van der Waals surface area contributed by atoms with Crippen LogP contribution in [0.5, 0.6) is 0 Å². The molecule has 0 aromatic carbocycles. The molecule has 16 heavy (non-hydrogen) atoms. The smallest absolute Gasteiger partial charge is 0.305 e. The van der Waals surface area contributed by atoms with Crippen LogP contribution < -0.4 is 5.32 Å². The number of nitrogens with one attached hydrogen (secondary N) is 1. The number of carboxylic acid groups (broad SMARTS) is 1. The second-order valence-electron chi connectivity index (χ2n) is 3.38. The highest BCUT2D eigenvalue weighted by molar-refractivity contribution is 5.91. The fraction of sp³-hybridized carbons (Fsp3) is 0.600. The SMILES string of the molecule is CCC(CC(=O)O)NC(=O)C1=COCCO1. The van der Waals surface area contributed by atoms with Gasteiger partial charge in [-0.2, -0.15) is 0 Å². The maximum Gasteiger partial charge on any atom is 0.305 e. The highest BCUT2D eigenvalue weighted by atomic mass is 16.6. The average Bonchev–Trinajstić information content (AvgIpc) is 2.28. The Kier molecular flexibility index (Phi) is 4.63. The molecule has 0 fully saturated rings. The van der Waals surface area contributed by atoms with E-state index in [4.69, 9.17) is 14.6 Å². The molecule has 0 saturated carbocycles. The molecule has 6 nitrogen and oxygen atoms in total. The van der Waals surface area contributed by atoms with Crippen molar-refractivity contribution in [2.45, 2.75) is 25.8 Å². The number of aliphatic carboxylic acids is 1. The van der Waals surface area contributed by atoms with Crippen LogP contribution in [-0.4, -0.2) is 36.2 Å². The van der Waals surface area contributed by atoms with E-state index < -0.39 is 17.9 Å². The van der Waals surface area contributed by atoms with Crippen LogP contribution in [0, 0.1) is 0 Å². The molecule has 0 spiro atoms. The van der Waals surface area contributed by atoms with Crippen molar-refractivity contribution in [3.8, 4) is 0 Å². The molecule has 2 N–H and O–H groups in total. The molecule has 0 radical (unpaired) electrons. The number of carbonyl (C=O) groups is 2. The van der Waals surface area contributed by atoms with E-state index in [1.54, 1.807) is 6.92 Å². The molecule has 0 aromatic rings. The lowest BCUT2D eigenvalue weighted by Crippen LogP contribution is -2.38. The second-order valence-corrected chi connectivity index (χ2v) is 3.38. The number of hydrogen-bond donors (Lipinski definition) is 2. The van der Waals surface area contributed by atoms with Crippen molar-refractivity contribution in [2.75, 3.05) is 13.2 Å². The Hall–Kier alpha value is -1.72. The zero-order valence-corrected chi connectivity index (χ0v) is 9.06. The molecule has 1 unspecified atom stereocenters. The van der Waals surface area contributed by atoms with Crippen LogP contribution in [0.3, 0.4) is 0 Å². The predicted molar refractivity (Wildman–Crippen MR) is 54.5 cm³/mol. The van der Waals surface area contributed by atoms with Gasteiger partial charge in [-0.05, 0) is 6.42 Å². The number of ether oxygens (including phenoxy) is 2. The van der Waals surface area contributed by atoms with Gasteiger partial charge in [-0.3, -0.25) is 9.59 Å². The summed E-state index contributed by atoms with van der Waals surface area (Å²) in [6, 6.07) is -0.392. The summed E-state index contributed by atoms with van der Waals surface area (Å²) >= 11 is 0. The molecule has 6 heteroatoms. The first-order valence-corrected chi connectivity index (χ1v) is 5.10. The molecule has 0 aromatic heterocycles. The molecule has 0 saturated heterocycles. The van der Waals surface area contributed by atoms with E-state index >= 15 is 0 Å². The van der Waals surface area contributed by atoms with Gasteiger partial charge in [-0.1, -0.05) is 6.92 Å². The summed E-state index contributed by atoms with van der Waals surface area (Å²) in [5.74, 6) is -1.29. The molecule has 1 aliphatic heterocycles. The number of rotatable bonds is 5. The predicted octanol–water partition coefficient (Wildman–Crippen LogP) is 0.244. The summed E-state index contributed by atoms with van der Waals surface area (Å²) in [7, 11) is 0. The van der Waals surface area contributed by atoms with Crippen LogP contribution in [0.2, 0.25) is 0 Å². The third-order valence-corrected chi connectivity index (χ3v) is 2.12. The van der Waals surface area contributed by atoms with E-state index in [2.05, 4.69) is 5.32 Å². The topological polar surface area (TPSA) is 84.9 Å². The summed E-state index contributed by atoms with van der Waals surface area (Å²) in [5, 5.41) is 11.2. The van der Waals surface area contributed by atoms with Gasteiger partial charge in [-0.25, -0.2) is 0 Å². The number of carboxylic acids is 1. The Labute approximate surface area is 93.2 Å². The van der Waals surface area contributed by atoms with Crippen LogP contribution in [-0.2, 0) is 19.1 Å². The van der Waals surface area contributed by atoms with E-state index in [0.717, 1.165) is 0 Å². The van der Waals surface area contributed by atoms with Crippen molar-refractivity contribution in [1.29, 1.82) is 0 Å². The van der Waals surface area contributed by atoms with Gasteiger partial charge in [0.05, 0.1) is 6.42 Å². The van der Waals surface area contributed by atoms with Crippen LogP contribution in [0.25, 0.3) is 0 Å². The first-order chi connectivity index (χ1) is 7.63. The lowest BCUT2D eigenvalue weighted by atomic mass is 10.1. The standard InChI is InChI=1S/C10H15NO5/c1-2-7(5-9(12)13)11-10(14)8-6-15-3-4-16-8/h6-7H,2-5H2,1H3,(H,11,14)(H,12,13). The second kappa shape index (κ2) is 5.99. The van der Waals surface area contributed by atoms with Gasteiger partial charge in [0.15, 0.2) is 0 Å². The minimum Gasteiger partial charge on any atom is -0.494 e. The van der Waals surface area contributed by atoms with Gasteiger partial charge in [0, 0.05) is 6.04 Å². The van der Waals surface area contributed by atoms with Crippen molar-refractivity contribution in [3.05, 3.63) is 12.0 Å². The normalized spacial score (nSPS) is 16.4.